The molecule has 0 fully saturated rings. The molecule has 0 aliphatic heterocycles. The van der Waals surface area contributed by atoms with Gasteiger partial charge in [-0.25, -0.2) is 0 Å². The molecule has 0 N–H and O–H groups in total. The van der Waals surface area contributed by atoms with Crippen LogP contribution in [0.2, 0.25) is 14.8 Å². The second kappa shape index (κ2) is 3.33. The van der Waals surface area contributed by atoms with Gasteiger partial charge in [0.05, 0.1) is 0 Å². The van der Waals surface area contributed by atoms with E-state index < -0.39 is 18.4 Å². The molecule has 0 aliphatic carbocycles. The van der Waals surface area contributed by atoms with E-state index in [9.17, 15) is 0 Å². The molecule has 46 valence electrons. The Bertz CT molecular complexity index is 95.4. The summed E-state index contributed by atoms with van der Waals surface area (Å²) in [7, 11) is 0. The molecule has 0 rings (SSSR count). The maximum absolute atomic E-state index is 3.61. The van der Waals surface area contributed by atoms with Gasteiger partial charge < -0.3 is 0 Å². The Kier molecular flexibility index (Phi) is 3.45. The molecule has 0 aromatic carbocycles. The van der Waals surface area contributed by atoms with Crippen molar-refractivity contribution < 1.29 is 0 Å². The zero-order valence-electron chi connectivity index (χ0n) is 5.94. The Morgan fingerprint density at radius 1 is 1.25 bits per heavy atom. The molecule has 1 heteroatoms. The summed E-state index contributed by atoms with van der Waals surface area (Å²) in [6.45, 7) is 3.61. The Morgan fingerprint density at radius 2 is 1.75 bits per heavy atom. The van der Waals surface area contributed by atoms with E-state index in [1.54, 1.807) is 0 Å². The van der Waals surface area contributed by atoms with Gasteiger partial charge in [0, 0.05) is 0 Å². The van der Waals surface area contributed by atoms with Crippen LogP contribution < -0.4 is 0 Å². The zero-order chi connectivity index (χ0) is 6.62. The summed E-state index contributed by atoms with van der Waals surface area (Å²) in [5, 5.41) is 0. The summed E-state index contributed by atoms with van der Waals surface area (Å²) in [5.74, 6) is 0. The van der Waals surface area contributed by atoms with Crippen LogP contribution in [0, 0.1) is 0 Å². The fraction of sp³-hybridized carbons (Fsp3) is 0.429. The van der Waals surface area contributed by atoms with Gasteiger partial charge in [-0.15, -0.1) is 0 Å². The molecule has 0 nitrogen and oxygen atoms in total. The molecule has 0 amide bonds. The quantitative estimate of drug-likeness (QED) is 0.492. The van der Waals surface area contributed by atoms with Crippen molar-refractivity contribution in [2.24, 2.45) is 0 Å². The van der Waals surface area contributed by atoms with Crippen molar-refractivity contribution in [3.05, 3.63) is 22.8 Å². The minimum atomic E-state index is -1.56. The van der Waals surface area contributed by atoms with Crippen LogP contribution in [0.4, 0.5) is 0 Å². The summed E-state index contributed by atoms with van der Waals surface area (Å²) in [5.41, 5.74) is 0. The molecule has 0 aromatic heterocycles. The van der Waals surface area contributed by atoms with Crippen LogP contribution in [0.25, 0.3) is 0 Å². The predicted octanol–water partition coefficient (Wildman–Crippen LogP) is 2.61. The summed E-state index contributed by atoms with van der Waals surface area (Å²) in [6.07, 6.45) is 3.91. The van der Waals surface area contributed by atoms with Gasteiger partial charge in [0.1, 0.15) is 0 Å². The van der Waals surface area contributed by atoms with Crippen molar-refractivity contribution in [3.63, 3.8) is 0 Å². The third kappa shape index (κ3) is 6.28. The Labute approximate surface area is 56.2 Å². The monoisotopic (exact) mass is 218 g/mol. The van der Waals surface area contributed by atoms with Crippen LogP contribution in [-0.4, -0.2) is 18.4 Å². The molecule has 0 radical (unpaired) electrons. The van der Waals surface area contributed by atoms with Gasteiger partial charge in [0.2, 0.25) is 0 Å². The fourth-order valence-electron chi connectivity index (χ4n) is 0.357. The van der Waals surface area contributed by atoms with E-state index in [1.807, 2.05) is 6.08 Å². The Balaban J connectivity index is 3.69. The van der Waals surface area contributed by atoms with Gasteiger partial charge in [0.15, 0.2) is 0 Å². The van der Waals surface area contributed by atoms with Crippen LogP contribution >= 0.6 is 0 Å². The number of hydrogen-bond acceptors (Lipinski definition) is 0. The first-order valence-electron chi connectivity index (χ1n) is 2.86. The summed E-state index contributed by atoms with van der Waals surface area (Å²) >= 11 is -1.56. The van der Waals surface area contributed by atoms with Crippen molar-refractivity contribution in [3.8, 4) is 0 Å². The molecule has 0 heterocycles. The van der Waals surface area contributed by atoms with Gasteiger partial charge in [-0.2, -0.15) is 0 Å². The van der Waals surface area contributed by atoms with E-state index in [0.29, 0.717) is 0 Å². The van der Waals surface area contributed by atoms with Crippen molar-refractivity contribution >= 4 is 18.4 Å². The average molecular weight is 217 g/mol. The molecular formula is C7H14Sn. The Hall–Kier alpha value is 0.279. The van der Waals surface area contributed by atoms with Crippen LogP contribution in [0.5, 0.6) is 0 Å². The standard InChI is InChI=1S/C4H5.3CH3.Sn/c1-3-4-2;;;;/h1,3-4H,2H2;3*1H3;. The fourth-order valence-corrected chi connectivity index (χ4v) is 2.39. The van der Waals surface area contributed by atoms with Crippen molar-refractivity contribution in [1.82, 2.24) is 0 Å². The van der Waals surface area contributed by atoms with Crippen LogP contribution in [0.15, 0.2) is 22.8 Å². The predicted molar refractivity (Wildman–Crippen MR) is 42.7 cm³/mol. The topological polar surface area (TPSA) is 0 Å². The molecule has 0 unspecified atom stereocenters. The summed E-state index contributed by atoms with van der Waals surface area (Å²) in [4.78, 5) is 7.11. The molecule has 0 spiro atoms. The molecule has 0 aliphatic rings. The summed E-state index contributed by atoms with van der Waals surface area (Å²) < 4.78 is 2.34. The first-order chi connectivity index (χ1) is 3.56. The van der Waals surface area contributed by atoms with Crippen molar-refractivity contribution in [2.75, 3.05) is 0 Å². The minimum absolute atomic E-state index is 1.56. The summed E-state index contributed by atoms with van der Waals surface area (Å²) in [6, 6.07) is 0. The second-order valence-corrected chi connectivity index (χ2v) is 17.4. The molecular weight excluding hydrogens is 203 g/mol. The molecule has 0 atom stereocenters. The van der Waals surface area contributed by atoms with Gasteiger partial charge in [-0.3, -0.25) is 0 Å². The maximum atomic E-state index is 3.61. The second-order valence-electron chi connectivity index (χ2n) is 2.96. The first kappa shape index (κ1) is 8.28. The average Bonchev–Trinajstić information content (AvgIpc) is 1.59. The molecule has 0 aromatic rings. The van der Waals surface area contributed by atoms with Crippen molar-refractivity contribution in [1.29, 1.82) is 0 Å². The first-order valence-corrected chi connectivity index (χ1v) is 13.1. The van der Waals surface area contributed by atoms with Gasteiger partial charge >= 0.3 is 56.0 Å². The van der Waals surface area contributed by atoms with E-state index in [4.69, 9.17) is 0 Å². The Morgan fingerprint density at radius 3 is 1.88 bits per heavy atom. The molecule has 0 bridgehead atoms. The number of rotatable bonds is 2. The van der Waals surface area contributed by atoms with Crippen LogP contribution in [0.1, 0.15) is 0 Å². The molecule has 8 heavy (non-hydrogen) atoms. The van der Waals surface area contributed by atoms with E-state index in [0.717, 1.165) is 0 Å². The number of hydrogen-bond donors (Lipinski definition) is 0. The third-order valence-electron chi connectivity index (χ3n) is 0.732. The third-order valence-corrected chi connectivity index (χ3v) is 4.14. The molecule has 0 saturated heterocycles. The van der Waals surface area contributed by atoms with Gasteiger partial charge in [-0.1, -0.05) is 0 Å². The molecule has 0 saturated carbocycles. The van der Waals surface area contributed by atoms with Crippen LogP contribution in [-0.2, 0) is 0 Å². The van der Waals surface area contributed by atoms with Crippen LogP contribution in [0.3, 0.4) is 0 Å². The SMILES string of the molecule is C=C/C=[CH]/[Sn]([CH3])([CH3])[CH3]. The van der Waals surface area contributed by atoms with E-state index in [-0.39, 0.29) is 0 Å². The van der Waals surface area contributed by atoms with Crippen molar-refractivity contribution in [2.45, 2.75) is 14.8 Å². The van der Waals surface area contributed by atoms with E-state index >= 15 is 0 Å². The van der Waals surface area contributed by atoms with Gasteiger partial charge in [-0.05, 0) is 0 Å². The van der Waals surface area contributed by atoms with E-state index in [1.165, 1.54) is 0 Å². The normalized spacial score (nSPS) is 12.4. The van der Waals surface area contributed by atoms with Gasteiger partial charge in [0.25, 0.3) is 0 Å². The van der Waals surface area contributed by atoms with E-state index in [2.05, 4.69) is 31.6 Å². The zero-order valence-corrected chi connectivity index (χ0v) is 8.79. The number of allylic oxidation sites excluding steroid dienone is 2.